The number of aliphatic carboxylic acids is 1. The number of benzene rings is 2. The number of hydrogen-bond donors (Lipinski definition) is 2. The summed E-state index contributed by atoms with van der Waals surface area (Å²) in [6.45, 7) is 3.81. The van der Waals surface area contributed by atoms with Gasteiger partial charge in [-0.1, -0.05) is 29.8 Å². The molecule has 2 aromatic carbocycles. The van der Waals surface area contributed by atoms with Crippen molar-refractivity contribution in [1.29, 1.82) is 0 Å². The maximum Gasteiger partial charge on any atom is 0.306 e. The van der Waals surface area contributed by atoms with E-state index in [1.54, 1.807) is 0 Å². The van der Waals surface area contributed by atoms with Crippen molar-refractivity contribution >= 4 is 29.4 Å². The molecular formula is C30H37ClN2O6. The van der Waals surface area contributed by atoms with Crippen molar-refractivity contribution < 1.29 is 29.3 Å². The molecule has 1 aliphatic heterocycles. The monoisotopic (exact) mass is 556 g/mol. The summed E-state index contributed by atoms with van der Waals surface area (Å²) >= 11 is 6.12. The van der Waals surface area contributed by atoms with Crippen molar-refractivity contribution in [2.24, 2.45) is 11.8 Å². The molecule has 1 saturated carbocycles. The van der Waals surface area contributed by atoms with E-state index in [1.165, 1.54) is 4.90 Å². The first-order valence-electron chi connectivity index (χ1n) is 13.7. The quantitative estimate of drug-likeness (QED) is 0.361. The molecule has 1 aliphatic carbocycles. The van der Waals surface area contributed by atoms with Gasteiger partial charge in [0.25, 0.3) is 0 Å². The number of carbonyl (C=O) groups excluding carboxylic acids is 2. The third-order valence-corrected chi connectivity index (χ3v) is 8.25. The van der Waals surface area contributed by atoms with Gasteiger partial charge in [0, 0.05) is 42.6 Å². The molecule has 2 amide bonds. The lowest BCUT2D eigenvalue weighted by molar-refractivity contribution is -0.143. The largest absolute Gasteiger partial charge is 0.491 e. The molecule has 1 saturated heterocycles. The van der Waals surface area contributed by atoms with Gasteiger partial charge in [-0.2, -0.15) is 0 Å². The standard InChI is InChI=1S/C30H37ClN2O6/c1-20(23-7-9-26(31)10-8-23)32(17-21-2-5-24(6-3-21)30(37)38)18-22-4-11-27(25(16-22)19-34)39-15-14-33-28(35)12-13-29(33)36/h4,7-11,16,20-21,24,34H,2-3,5-6,12-15,17-19H2,1H3,(H,37,38)/t20-,21?,24?/m0/s1. The predicted octanol–water partition coefficient (Wildman–Crippen LogP) is 4.81. The summed E-state index contributed by atoms with van der Waals surface area (Å²) in [5.74, 6) is -0.349. The van der Waals surface area contributed by atoms with E-state index >= 15 is 0 Å². The Kier molecular flexibility index (Phi) is 9.99. The summed E-state index contributed by atoms with van der Waals surface area (Å²) in [5, 5.41) is 20.1. The van der Waals surface area contributed by atoms with Crippen LogP contribution in [-0.2, 0) is 27.5 Å². The van der Waals surface area contributed by atoms with Crippen LogP contribution in [0, 0.1) is 11.8 Å². The predicted molar refractivity (Wildman–Crippen MR) is 147 cm³/mol. The van der Waals surface area contributed by atoms with Gasteiger partial charge in [0.05, 0.1) is 19.1 Å². The first kappa shape index (κ1) is 29.1. The molecule has 1 atom stereocenters. The Morgan fingerprint density at radius 1 is 1.08 bits per heavy atom. The van der Waals surface area contributed by atoms with Crippen LogP contribution in [0.5, 0.6) is 5.75 Å². The minimum atomic E-state index is -0.697. The molecule has 39 heavy (non-hydrogen) atoms. The number of carboxylic acids is 1. The molecule has 0 radical (unpaired) electrons. The second-order valence-corrected chi connectivity index (χ2v) is 11.0. The highest BCUT2D eigenvalue weighted by molar-refractivity contribution is 6.30. The van der Waals surface area contributed by atoms with Crippen LogP contribution in [0.1, 0.15) is 68.2 Å². The van der Waals surface area contributed by atoms with E-state index < -0.39 is 5.97 Å². The van der Waals surface area contributed by atoms with E-state index in [9.17, 15) is 24.6 Å². The summed E-state index contributed by atoms with van der Waals surface area (Å²) < 4.78 is 5.85. The van der Waals surface area contributed by atoms with Crippen molar-refractivity contribution in [2.45, 2.75) is 64.6 Å². The lowest BCUT2D eigenvalue weighted by atomic mass is 9.81. The van der Waals surface area contributed by atoms with Gasteiger partial charge in [-0.25, -0.2) is 0 Å². The van der Waals surface area contributed by atoms with E-state index in [0.29, 0.717) is 41.6 Å². The molecule has 0 unspecified atom stereocenters. The Labute approximate surface area is 234 Å². The summed E-state index contributed by atoms with van der Waals surface area (Å²) in [6, 6.07) is 13.7. The number of aliphatic hydroxyl groups is 1. The van der Waals surface area contributed by atoms with Crippen LogP contribution in [0.15, 0.2) is 42.5 Å². The summed E-state index contributed by atoms with van der Waals surface area (Å²) in [4.78, 5) is 38.7. The van der Waals surface area contributed by atoms with E-state index in [-0.39, 0.29) is 56.4 Å². The Morgan fingerprint density at radius 3 is 2.36 bits per heavy atom. The SMILES string of the molecule is C[C@@H](c1ccc(Cl)cc1)N(Cc1ccc(OCCN2C(=O)CCC2=O)c(CO)c1)CC1CCC(C(=O)O)CC1. The Balaban J connectivity index is 1.45. The number of carboxylic acid groups (broad SMARTS) is 1. The molecule has 210 valence electrons. The molecule has 2 aliphatic rings. The zero-order valence-corrected chi connectivity index (χ0v) is 23.1. The minimum absolute atomic E-state index is 0.100. The highest BCUT2D eigenvalue weighted by Crippen LogP contribution is 2.33. The van der Waals surface area contributed by atoms with Crippen LogP contribution < -0.4 is 4.74 Å². The zero-order valence-electron chi connectivity index (χ0n) is 22.4. The highest BCUT2D eigenvalue weighted by atomic mass is 35.5. The molecule has 1 heterocycles. The molecule has 2 N–H and O–H groups in total. The summed E-state index contributed by atoms with van der Waals surface area (Å²) in [5.41, 5.74) is 2.82. The smallest absolute Gasteiger partial charge is 0.306 e. The molecule has 2 aromatic rings. The molecule has 0 aromatic heterocycles. The van der Waals surface area contributed by atoms with Crippen LogP contribution in [0.4, 0.5) is 0 Å². The zero-order chi connectivity index (χ0) is 27.9. The van der Waals surface area contributed by atoms with Gasteiger partial charge in [-0.3, -0.25) is 24.2 Å². The van der Waals surface area contributed by atoms with Crippen LogP contribution in [-0.4, -0.2) is 57.5 Å². The van der Waals surface area contributed by atoms with Crippen LogP contribution in [0.25, 0.3) is 0 Å². The van der Waals surface area contributed by atoms with Crippen LogP contribution >= 0.6 is 11.6 Å². The van der Waals surface area contributed by atoms with Crippen LogP contribution in [0.2, 0.25) is 5.02 Å². The number of aliphatic hydroxyl groups excluding tert-OH is 1. The number of hydrogen-bond acceptors (Lipinski definition) is 6. The number of rotatable bonds is 12. The van der Waals surface area contributed by atoms with Crippen molar-refractivity contribution in [2.75, 3.05) is 19.7 Å². The lowest BCUT2D eigenvalue weighted by Crippen LogP contribution is -2.34. The Hall–Kier alpha value is -2.94. The fourth-order valence-corrected chi connectivity index (χ4v) is 5.71. The van der Waals surface area contributed by atoms with Gasteiger partial charge in [0.2, 0.25) is 11.8 Å². The first-order valence-corrected chi connectivity index (χ1v) is 14.0. The maximum absolute atomic E-state index is 11.8. The number of carbonyl (C=O) groups is 3. The molecule has 0 spiro atoms. The number of imide groups is 1. The number of ether oxygens (including phenoxy) is 1. The second-order valence-electron chi connectivity index (χ2n) is 10.6. The minimum Gasteiger partial charge on any atom is -0.491 e. The normalized spacial score (nSPS) is 20.5. The number of likely N-dealkylation sites (tertiary alicyclic amines) is 1. The van der Waals surface area contributed by atoms with Gasteiger partial charge < -0.3 is 14.9 Å². The molecule has 0 bridgehead atoms. The van der Waals surface area contributed by atoms with Crippen molar-refractivity contribution in [1.82, 2.24) is 9.80 Å². The number of amides is 2. The van der Waals surface area contributed by atoms with E-state index in [1.807, 2.05) is 42.5 Å². The van der Waals surface area contributed by atoms with Gasteiger partial charge in [-0.15, -0.1) is 0 Å². The first-order chi connectivity index (χ1) is 18.7. The van der Waals surface area contributed by atoms with Gasteiger partial charge in [0.1, 0.15) is 12.4 Å². The van der Waals surface area contributed by atoms with Gasteiger partial charge in [-0.05, 0) is 73.9 Å². The summed E-state index contributed by atoms with van der Waals surface area (Å²) in [7, 11) is 0. The second kappa shape index (κ2) is 13.4. The lowest BCUT2D eigenvalue weighted by Gasteiger charge is -2.35. The Bertz CT molecular complexity index is 1150. The highest BCUT2D eigenvalue weighted by Gasteiger charge is 2.30. The molecule has 9 heteroatoms. The molecule has 4 rings (SSSR count). The maximum atomic E-state index is 11.8. The fraction of sp³-hybridized carbons (Fsp3) is 0.500. The van der Waals surface area contributed by atoms with Crippen LogP contribution in [0.3, 0.4) is 0 Å². The topological polar surface area (TPSA) is 107 Å². The van der Waals surface area contributed by atoms with Gasteiger partial charge >= 0.3 is 5.97 Å². The Morgan fingerprint density at radius 2 is 1.74 bits per heavy atom. The molecular weight excluding hydrogens is 520 g/mol. The van der Waals surface area contributed by atoms with E-state index in [4.69, 9.17) is 16.3 Å². The van der Waals surface area contributed by atoms with E-state index in [0.717, 1.165) is 30.5 Å². The fourth-order valence-electron chi connectivity index (χ4n) is 5.58. The molecule has 8 nitrogen and oxygen atoms in total. The average Bonchev–Trinajstić information content (AvgIpc) is 3.26. The van der Waals surface area contributed by atoms with Gasteiger partial charge in [0.15, 0.2) is 0 Å². The number of nitrogens with zero attached hydrogens (tertiary/aromatic N) is 2. The van der Waals surface area contributed by atoms with Crippen molar-refractivity contribution in [3.05, 3.63) is 64.2 Å². The van der Waals surface area contributed by atoms with Crippen molar-refractivity contribution in [3.8, 4) is 5.75 Å². The third-order valence-electron chi connectivity index (χ3n) is 8.00. The number of halogens is 1. The average molecular weight is 557 g/mol. The van der Waals surface area contributed by atoms with E-state index in [2.05, 4.69) is 11.8 Å². The molecule has 2 fully saturated rings. The third kappa shape index (κ3) is 7.59. The summed E-state index contributed by atoms with van der Waals surface area (Å²) in [6.07, 6.45) is 3.69. The van der Waals surface area contributed by atoms with Crippen molar-refractivity contribution in [3.63, 3.8) is 0 Å².